The molecular formula is C13H14ClFN2O. The van der Waals surface area contributed by atoms with Gasteiger partial charge in [-0.05, 0) is 30.7 Å². The number of aliphatic hydroxyl groups is 1. The summed E-state index contributed by atoms with van der Waals surface area (Å²) < 4.78 is 15.4. The van der Waals surface area contributed by atoms with Gasteiger partial charge in [-0.15, -0.1) is 0 Å². The first kappa shape index (κ1) is 13.1. The molecule has 0 amide bonds. The molecule has 1 aromatic heterocycles. The van der Waals surface area contributed by atoms with Crippen molar-refractivity contribution in [3.05, 3.63) is 52.8 Å². The molecular weight excluding hydrogens is 255 g/mol. The quantitative estimate of drug-likeness (QED) is 0.926. The van der Waals surface area contributed by atoms with E-state index in [1.54, 1.807) is 12.5 Å². The van der Waals surface area contributed by atoms with Crippen LogP contribution in [0.4, 0.5) is 4.39 Å². The fourth-order valence-electron chi connectivity index (χ4n) is 1.89. The molecule has 0 bridgehead atoms. The van der Waals surface area contributed by atoms with Crippen molar-refractivity contribution in [2.75, 3.05) is 0 Å². The Morgan fingerprint density at radius 3 is 3.00 bits per heavy atom. The number of halogens is 2. The Morgan fingerprint density at radius 1 is 1.50 bits per heavy atom. The van der Waals surface area contributed by atoms with Crippen molar-refractivity contribution in [3.8, 4) is 0 Å². The van der Waals surface area contributed by atoms with Crippen LogP contribution in [0.15, 0.2) is 30.7 Å². The Balaban J connectivity index is 2.21. The van der Waals surface area contributed by atoms with Crippen LogP contribution >= 0.6 is 11.6 Å². The lowest BCUT2D eigenvalue weighted by Crippen LogP contribution is -2.09. The zero-order chi connectivity index (χ0) is 13.1. The normalized spacial score (nSPS) is 12.7. The number of hydrogen-bond acceptors (Lipinski definition) is 2. The number of hydrogen-bond donors (Lipinski definition) is 1. The molecule has 0 aliphatic rings. The predicted octanol–water partition coefficient (Wildman–Crippen LogP) is 2.97. The summed E-state index contributed by atoms with van der Waals surface area (Å²) in [6, 6.07) is 4.33. The van der Waals surface area contributed by atoms with Crippen molar-refractivity contribution in [3.63, 3.8) is 0 Å². The number of aliphatic hydroxyl groups excluding tert-OH is 1. The fraction of sp³-hybridized carbons (Fsp3) is 0.308. The minimum absolute atomic E-state index is 0.179. The zero-order valence-electron chi connectivity index (χ0n) is 9.98. The molecule has 0 saturated heterocycles. The summed E-state index contributed by atoms with van der Waals surface area (Å²) in [7, 11) is 0. The van der Waals surface area contributed by atoms with Crippen molar-refractivity contribution in [1.29, 1.82) is 0 Å². The molecule has 0 saturated carbocycles. The van der Waals surface area contributed by atoms with Crippen molar-refractivity contribution in [1.82, 2.24) is 9.55 Å². The molecule has 1 unspecified atom stereocenters. The first-order valence-corrected chi connectivity index (χ1v) is 6.11. The molecule has 1 atom stereocenters. The van der Waals surface area contributed by atoms with E-state index in [1.807, 2.05) is 11.5 Å². The van der Waals surface area contributed by atoms with Crippen LogP contribution in [0.1, 0.15) is 24.3 Å². The molecule has 0 aliphatic heterocycles. The van der Waals surface area contributed by atoms with Gasteiger partial charge >= 0.3 is 0 Å². The van der Waals surface area contributed by atoms with E-state index in [0.717, 1.165) is 0 Å². The van der Waals surface area contributed by atoms with E-state index in [1.165, 1.54) is 18.2 Å². The molecule has 5 heteroatoms. The number of benzene rings is 1. The second-order valence-electron chi connectivity index (χ2n) is 4.06. The third kappa shape index (κ3) is 2.71. The van der Waals surface area contributed by atoms with E-state index in [-0.39, 0.29) is 12.2 Å². The largest absolute Gasteiger partial charge is 0.386 e. The molecule has 2 aromatic rings. The number of aromatic nitrogens is 2. The van der Waals surface area contributed by atoms with Crippen LogP contribution in [0.3, 0.4) is 0 Å². The lowest BCUT2D eigenvalue weighted by Gasteiger charge is -2.13. The minimum atomic E-state index is -0.791. The molecule has 2 rings (SSSR count). The van der Waals surface area contributed by atoms with E-state index >= 15 is 0 Å². The second-order valence-corrected chi connectivity index (χ2v) is 4.50. The number of aryl methyl sites for hydroxylation is 1. The van der Waals surface area contributed by atoms with Gasteiger partial charge in [0.2, 0.25) is 0 Å². The van der Waals surface area contributed by atoms with Gasteiger partial charge in [-0.2, -0.15) is 0 Å². The van der Waals surface area contributed by atoms with Gasteiger partial charge in [0, 0.05) is 18.0 Å². The third-order valence-electron chi connectivity index (χ3n) is 2.85. The van der Waals surface area contributed by atoms with E-state index < -0.39 is 6.10 Å². The van der Waals surface area contributed by atoms with Crippen molar-refractivity contribution >= 4 is 11.6 Å². The SMILES string of the molecule is CCn1cncc1C(O)Cc1cc(Cl)ccc1F. The highest BCUT2D eigenvalue weighted by atomic mass is 35.5. The lowest BCUT2D eigenvalue weighted by atomic mass is 10.1. The van der Waals surface area contributed by atoms with Crippen LogP contribution in [0.5, 0.6) is 0 Å². The van der Waals surface area contributed by atoms with Gasteiger partial charge < -0.3 is 9.67 Å². The van der Waals surface area contributed by atoms with Gasteiger partial charge in [0.15, 0.2) is 0 Å². The van der Waals surface area contributed by atoms with Crippen molar-refractivity contribution in [2.24, 2.45) is 0 Å². The van der Waals surface area contributed by atoms with Crippen LogP contribution < -0.4 is 0 Å². The highest BCUT2D eigenvalue weighted by Crippen LogP contribution is 2.22. The zero-order valence-corrected chi connectivity index (χ0v) is 10.7. The number of nitrogens with zero attached hydrogens (tertiary/aromatic N) is 2. The summed E-state index contributed by atoms with van der Waals surface area (Å²) in [6.07, 6.45) is 2.63. The van der Waals surface area contributed by atoms with Crippen LogP contribution in [-0.2, 0) is 13.0 Å². The molecule has 96 valence electrons. The van der Waals surface area contributed by atoms with Gasteiger partial charge in [0.1, 0.15) is 5.82 Å². The smallest absolute Gasteiger partial charge is 0.126 e. The highest BCUT2D eigenvalue weighted by molar-refractivity contribution is 6.30. The maximum Gasteiger partial charge on any atom is 0.126 e. The van der Waals surface area contributed by atoms with Crippen LogP contribution in [-0.4, -0.2) is 14.7 Å². The van der Waals surface area contributed by atoms with E-state index in [9.17, 15) is 9.50 Å². The van der Waals surface area contributed by atoms with Crippen molar-refractivity contribution < 1.29 is 9.50 Å². The van der Waals surface area contributed by atoms with E-state index in [0.29, 0.717) is 22.8 Å². The Bertz CT molecular complexity index is 542. The molecule has 0 spiro atoms. The number of rotatable bonds is 4. The average Bonchev–Trinajstić information content (AvgIpc) is 2.82. The van der Waals surface area contributed by atoms with Crippen LogP contribution in [0, 0.1) is 5.82 Å². The minimum Gasteiger partial charge on any atom is -0.386 e. The maximum absolute atomic E-state index is 13.6. The molecule has 0 fully saturated rings. The summed E-state index contributed by atoms with van der Waals surface area (Å²) in [4.78, 5) is 3.98. The van der Waals surface area contributed by atoms with Gasteiger partial charge in [0.05, 0.1) is 24.3 Å². The fourth-order valence-corrected chi connectivity index (χ4v) is 2.08. The first-order valence-electron chi connectivity index (χ1n) is 5.73. The molecule has 0 radical (unpaired) electrons. The molecule has 3 nitrogen and oxygen atoms in total. The standard InChI is InChI=1S/C13H14ClFN2O/c1-2-17-8-16-7-12(17)13(18)6-9-5-10(14)3-4-11(9)15/h3-5,7-8,13,18H,2,6H2,1H3. The van der Waals surface area contributed by atoms with Gasteiger partial charge in [-0.1, -0.05) is 11.6 Å². The van der Waals surface area contributed by atoms with Crippen LogP contribution in [0.25, 0.3) is 0 Å². The first-order chi connectivity index (χ1) is 8.61. The summed E-state index contributed by atoms with van der Waals surface area (Å²) in [6.45, 7) is 2.67. The van der Waals surface area contributed by atoms with E-state index in [2.05, 4.69) is 4.98 Å². The average molecular weight is 269 g/mol. The predicted molar refractivity (Wildman–Crippen MR) is 68.0 cm³/mol. The Hall–Kier alpha value is -1.39. The Labute approximate surface area is 110 Å². The Kier molecular flexibility index (Phi) is 3.99. The third-order valence-corrected chi connectivity index (χ3v) is 3.08. The number of imidazole rings is 1. The van der Waals surface area contributed by atoms with Gasteiger partial charge in [-0.25, -0.2) is 9.37 Å². The van der Waals surface area contributed by atoms with Gasteiger partial charge in [-0.3, -0.25) is 0 Å². The lowest BCUT2D eigenvalue weighted by molar-refractivity contribution is 0.167. The summed E-state index contributed by atoms with van der Waals surface area (Å²) in [5.74, 6) is -0.360. The monoisotopic (exact) mass is 268 g/mol. The topological polar surface area (TPSA) is 38.0 Å². The summed E-state index contributed by atoms with van der Waals surface area (Å²) in [5.41, 5.74) is 1.08. The van der Waals surface area contributed by atoms with Crippen molar-refractivity contribution in [2.45, 2.75) is 26.0 Å². The molecule has 1 heterocycles. The summed E-state index contributed by atoms with van der Waals surface area (Å²) >= 11 is 5.82. The molecule has 0 aliphatic carbocycles. The van der Waals surface area contributed by atoms with E-state index in [4.69, 9.17) is 11.6 Å². The van der Waals surface area contributed by atoms with Gasteiger partial charge in [0.25, 0.3) is 0 Å². The Morgan fingerprint density at radius 2 is 2.28 bits per heavy atom. The summed E-state index contributed by atoms with van der Waals surface area (Å²) in [5, 5.41) is 10.6. The molecule has 1 N–H and O–H groups in total. The molecule has 18 heavy (non-hydrogen) atoms. The van der Waals surface area contributed by atoms with Crippen LogP contribution in [0.2, 0.25) is 5.02 Å². The maximum atomic E-state index is 13.6. The highest BCUT2D eigenvalue weighted by Gasteiger charge is 2.15. The molecule has 1 aromatic carbocycles. The second kappa shape index (κ2) is 5.50.